The van der Waals surface area contributed by atoms with E-state index in [1.165, 1.54) is 4.88 Å². The highest BCUT2D eigenvalue weighted by molar-refractivity contribution is 7.10. The van der Waals surface area contributed by atoms with Crippen molar-refractivity contribution in [3.05, 3.63) is 70.8 Å². The Morgan fingerprint density at radius 1 is 1.08 bits per heavy atom. The second kappa shape index (κ2) is 6.29. The Balaban J connectivity index is 1.90. The minimum absolute atomic E-state index is 0.793. The molecule has 3 heterocycles. The van der Waals surface area contributed by atoms with Crippen LogP contribution in [0.4, 0.5) is 0 Å². The minimum atomic E-state index is 0.793. The third kappa shape index (κ3) is 2.70. The summed E-state index contributed by atoms with van der Waals surface area (Å²) in [6.07, 6.45) is 5.88. The quantitative estimate of drug-likeness (QED) is 0.545. The molecule has 3 aromatic heterocycles. The van der Waals surface area contributed by atoms with E-state index in [1.807, 2.05) is 48.5 Å². The van der Waals surface area contributed by atoms with Gasteiger partial charge in [-0.15, -0.1) is 11.3 Å². The van der Waals surface area contributed by atoms with Gasteiger partial charge in [-0.3, -0.25) is 4.57 Å². The standard InChI is InChI=1S/C19H15N3OS/c1-23-14-7-9-17-16(13-14)21-19(10-8-15-5-4-12-24-15)22(17)18-6-2-3-11-20-18/h2-13H,1H3. The van der Waals surface area contributed by atoms with Crippen molar-refractivity contribution in [3.63, 3.8) is 0 Å². The van der Waals surface area contributed by atoms with Gasteiger partial charge in [-0.2, -0.15) is 0 Å². The summed E-state index contributed by atoms with van der Waals surface area (Å²) in [5.41, 5.74) is 1.88. The van der Waals surface area contributed by atoms with Gasteiger partial charge in [-0.25, -0.2) is 9.97 Å². The van der Waals surface area contributed by atoms with Crippen molar-refractivity contribution in [2.24, 2.45) is 0 Å². The first-order valence-electron chi connectivity index (χ1n) is 7.54. The molecule has 0 aliphatic rings. The first-order valence-corrected chi connectivity index (χ1v) is 8.42. The van der Waals surface area contributed by atoms with Crippen LogP contribution < -0.4 is 4.74 Å². The molecular weight excluding hydrogens is 318 g/mol. The molecule has 0 N–H and O–H groups in total. The van der Waals surface area contributed by atoms with E-state index in [1.54, 1.807) is 24.6 Å². The van der Waals surface area contributed by atoms with Gasteiger partial charge in [0, 0.05) is 17.1 Å². The fourth-order valence-corrected chi connectivity index (χ4v) is 3.21. The number of rotatable bonds is 4. The van der Waals surface area contributed by atoms with Crippen molar-refractivity contribution in [2.75, 3.05) is 7.11 Å². The van der Waals surface area contributed by atoms with Crippen LogP contribution in [0.3, 0.4) is 0 Å². The van der Waals surface area contributed by atoms with Gasteiger partial charge in [0.05, 0.1) is 18.1 Å². The zero-order chi connectivity index (χ0) is 16.4. The molecule has 5 heteroatoms. The molecule has 0 fully saturated rings. The van der Waals surface area contributed by atoms with E-state index in [9.17, 15) is 0 Å². The molecule has 4 rings (SSSR count). The number of thiophene rings is 1. The Kier molecular flexibility index (Phi) is 3.84. The lowest BCUT2D eigenvalue weighted by atomic mass is 10.3. The molecule has 0 saturated heterocycles. The van der Waals surface area contributed by atoms with E-state index in [4.69, 9.17) is 9.72 Å². The lowest BCUT2D eigenvalue weighted by molar-refractivity contribution is 0.415. The summed E-state index contributed by atoms with van der Waals surface area (Å²) < 4.78 is 7.37. The van der Waals surface area contributed by atoms with Crippen molar-refractivity contribution >= 4 is 34.5 Å². The van der Waals surface area contributed by atoms with Gasteiger partial charge in [0.15, 0.2) is 0 Å². The number of methoxy groups -OCH3 is 1. The Bertz CT molecular complexity index is 988. The lowest BCUT2D eigenvalue weighted by Gasteiger charge is -2.06. The number of hydrogen-bond donors (Lipinski definition) is 0. The number of aromatic nitrogens is 3. The Morgan fingerprint density at radius 2 is 2.04 bits per heavy atom. The zero-order valence-electron chi connectivity index (χ0n) is 13.1. The summed E-state index contributed by atoms with van der Waals surface area (Å²) in [6, 6.07) is 15.9. The normalized spacial score (nSPS) is 11.4. The third-order valence-corrected chi connectivity index (χ3v) is 4.54. The molecule has 0 amide bonds. The number of fused-ring (bicyclic) bond motifs is 1. The highest BCUT2D eigenvalue weighted by atomic mass is 32.1. The summed E-state index contributed by atoms with van der Waals surface area (Å²) in [7, 11) is 1.66. The maximum Gasteiger partial charge on any atom is 0.139 e. The first kappa shape index (κ1) is 14.7. The molecular formula is C19H15N3OS. The Labute approximate surface area is 143 Å². The molecule has 24 heavy (non-hydrogen) atoms. The smallest absolute Gasteiger partial charge is 0.139 e. The van der Waals surface area contributed by atoms with Gasteiger partial charge in [-0.05, 0) is 47.9 Å². The monoisotopic (exact) mass is 333 g/mol. The number of ether oxygens (including phenoxy) is 1. The maximum atomic E-state index is 5.31. The third-order valence-electron chi connectivity index (χ3n) is 3.71. The molecule has 0 atom stereocenters. The molecule has 0 unspecified atom stereocenters. The van der Waals surface area contributed by atoms with Crippen LogP contribution in [-0.4, -0.2) is 21.6 Å². The Hall–Kier alpha value is -2.92. The second-order valence-electron chi connectivity index (χ2n) is 5.20. The number of pyridine rings is 1. The first-order chi connectivity index (χ1) is 11.8. The van der Waals surface area contributed by atoms with Crippen molar-refractivity contribution < 1.29 is 4.74 Å². The maximum absolute atomic E-state index is 5.31. The van der Waals surface area contributed by atoms with E-state index < -0.39 is 0 Å². The van der Waals surface area contributed by atoms with Crippen LogP contribution in [0.15, 0.2) is 60.1 Å². The van der Waals surface area contributed by atoms with Gasteiger partial charge in [-0.1, -0.05) is 12.1 Å². The highest BCUT2D eigenvalue weighted by Gasteiger charge is 2.12. The van der Waals surface area contributed by atoms with Crippen molar-refractivity contribution in [1.82, 2.24) is 14.5 Å². The predicted molar refractivity (Wildman–Crippen MR) is 98.7 cm³/mol. The van der Waals surface area contributed by atoms with Crippen molar-refractivity contribution in [2.45, 2.75) is 0 Å². The molecule has 4 nitrogen and oxygen atoms in total. The van der Waals surface area contributed by atoms with Crippen LogP contribution in [0.5, 0.6) is 5.75 Å². The number of benzene rings is 1. The molecule has 0 bridgehead atoms. The van der Waals surface area contributed by atoms with Crippen LogP contribution in [0.1, 0.15) is 10.7 Å². The van der Waals surface area contributed by atoms with Gasteiger partial charge >= 0.3 is 0 Å². The van der Waals surface area contributed by atoms with E-state index in [0.29, 0.717) is 0 Å². The summed E-state index contributed by atoms with van der Waals surface area (Å²) in [5, 5.41) is 2.06. The van der Waals surface area contributed by atoms with Crippen LogP contribution in [0.25, 0.3) is 29.0 Å². The molecule has 118 valence electrons. The summed E-state index contributed by atoms with van der Waals surface area (Å²) in [6.45, 7) is 0. The molecule has 0 aliphatic carbocycles. The summed E-state index contributed by atoms with van der Waals surface area (Å²) in [4.78, 5) is 10.4. The lowest BCUT2D eigenvalue weighted by Crippen LogP contribution is -1.99. The van der Waals surface area contributed by atoms with Crippen LogP contribution in [0, 0.1) is 0 Å². The average Bonchev–Trinajstić information content (AvgIpc) is 3.27. The van der Waals surface area contributed by atoms with E-state index >= 15 is 0 Å². The number of hydrogen-bond acceptors (Lipinski definition) is 4. The average molecular weight is 333 g/mol. The minimum Gasteiger partial charge on any atom is -0.497 e. The van der Waals surface area contributed by atoms with E-state index in [-0.39, 0.29) is 0 Å². The molecule has 1 aromatic carbocycles. The molecule has 0 spiro atoms. The van der Waals surface area contributed by atoms with Gasteiger partial charge in [0.25, 0.3) is 0 Å². The highest BCUT2D eigenvalue weighted by Crippen LogP contribution is 2.25. The fourth-order valence-electron chi connectivity index (χ4n) is 2.59. The van der Waals surface area contributed by atoms with Crippen LogP contribution >= 0.6 is 11.3 Å². The largest absolute Gasteiger partial charge is 0.497 e. The fraction of sp³-hybridized carbons (Fsp3) is 0.0526. The zero-order valence-corrected chi connectivity index (χ0v) is 13.9. The van der Waals surface area contributed by atoms with Gasteiger partial charge in [0.1, 0.15) is 17.4 Å². The summed E-state index contributed by atoms with van der Waals surface area (Å²) in [5.74, 6) is 2.48. The van der Waals surface area contributed by atoms with Crippen molar-refractivity contribution in [3.8, 4) is 11.6 Å². The topological polar surface area (TPSA) is 39.9 Å². The van der Waals surface area contributed by atoms with E-state index in [0.717, 1.165) is 28.4 Å². The van der Waals surface area contributed by atoms with Gasteiger partial charge in [0.2, 0.25) is 0 Å². The Morgan fingerprint density at radius 3 is 2.79 bits per heavy atom. The van der Waals surface area contributed by atoms with Crippen molar-refractivity contribution in [1.29, 1.82) is 0 Å². The van der Waals surface area contributed by atoms with E-state index in [2.05, 4.69) is 27.1 Å². The SMILES string of the molecule is COc1ccc2c(c1)nc(C=Cc1cccs1)n2-c1ccccn1. The molecule has 4 aromatic rings. The van der Waals surface area contributed by atoms with Crippen LogP contribution in [0.2, 0.25) is 0 Å². The molecule has 0 aliphatic heterocycles. The second-order valence-corrected chi connectivity index (χ2v) is 6.18. The molecule has 0 radical (unpaired) electrons. The van der Waals surface area contributed by atoms with Gasteiger partial charge < -0.3 is 4.74 Å². The number of imidazole rings is 1. The number of nitrogens with zero attached hydrogens (tertiary/aromatic N) is 3. The molecule has 0 saturated carbocycles. The predicted octanol–water partition coefficient (Wildman–Crippen LogP) is 4.66. The van der Waals surface area contributed by atoms with Crippen LogP contribution in [-0.2, 0) is 0 Å². The summed E-state index contributed by atoms with van der Waals surface area (Å²) >= 11 is 1.70.